The number of hydrogen-bond donors (Lipinski definition) is 0. The molecule has 0 aliphatic rings. The van der Waals surface area contributed by atoms with Crippen LogP contribution in [0.2, 0.25) is 0 Å². The molecule has 0 N–H and O–H groups in total. The Balaban J connectivity index is 2.24. The SMILES string of the molecule is Cc1cc(C)c(-n2ccn(-c3c(C)cc(C)cc3C)[c]2=[Cu-])c(C)c1. The molecule has 2 aromatic carbocycles. The van der Waals surface area contributed by atoms with Gasteiger partial charge in [-0.25, -0.2) is 0 Å². The van der Waals surface area contributed by atoms with Crippen molar-refractivity contribution in [2.45, 2.75) is 41.5 Å². The molecule has 3 rings (SSSR count). The Morgan fingerprint density at radius 3 is 1.17 bits per heavy atom. The third kappa shape index (κ3) is 2.83. The number of benzene rings is 2. The summed E-state index contributed by atoms with van der Waals surface area (Å²) in [4.78, 5) is 0. The van der Waals surface area contributed by atoms with Crippen molar-refractivity contribution in [1.29, 1.82) is 0 Å². The fourth-order valence-electron chi connectivity index (χ4n) is 3.78. The number of nitrogens with zero attached hydrogens (tertiary/aromatic N) is 2. The molecular formula is C21H24CuN2-. The summed E-state index contributed by atoms with van der Waals surface area (Å²) in [6, 6.07) is 8.84. The van der Waals surface area contributed by atoms with E-state index in [1.54, 1.807) is 0 Å². The molecule has 1 aromatic heterocycles. The fourth-order valence-corrected chi connectivity index (χ4v) is 4.13. The van der Waals surface area contributed by atoms with Gasteiger partial charge in [-0.3, -0.25) is 0 Å². The van der Waals surface area contributed by atoms with Crippen molar-refractivity contribution in [3.05, 3.63) is 74.4 Å². The van der Waals surface area contributed by atoms with Crippen LogP contribution in [0, 0.1) is 45.9 Å². The zero-order valence-electron chi connectivity index (χ0n) is 15.2. The van der Waals surface area contributed by atoms with Crippen molar-refractivity contribution in [2.24, 2.45) is 0 Å². The molecule has 3 heteroatoms. The average molecular weight is 368 g/mol. The van der Waals surface area contributed by atoms with Crippen LogP contribution >= 0.6 is 0 Å². The van der Waals surface area contributed by atoms with Gasteiger partial charge in [0.05, 0.1) is 0 Å². The van der Waals surface area contributed by atoms with Gasteiger partial charge in [0.1, 0.15) is 0 Å². The van der Waals surface area contributed by atoms with Crippen molar-refractivity contribution >= 4 is 0 Å². The van der Waals surface area contributed by atoms with E-state index >= 15 is 0 Å². The van der Waals surface area contributed by atoms with Crippen molar-refractivity contribution in [3.63, 3.8) is 0 Å². The summed E-state index contributed by atoms with van der Waals surface area (Å²) in [7, 11) is 0. The van der Waals surface area contributed by atoms with E-state index in [4.69, 9.17) is 15.6 Å². The molecule has 0 bridgehead atoms. The van der Waals surface area contributed by atoms with Crippen LogP contribution in [-0.2, 0) is 15.6 Å². The summed E-state index contributed by atoms with van der Waals surface area (Å²) < 4.78 is 5.01. The second kappa shape index (κ2) is 6.23. The molecule has 0 aliphatic carbocycles. The van der Waals surface area contributed by atoms with Crippen LogP contribution in [-0.4, -0.2) is 9.13 Å². The Hall–Kier alpha value is -1.83. The quantitative estimate of drug-likeness (QED) is 0.551. The van der Waals surface area contributed by atoms with Crippen LogP contribution in [0.5, 0.6) is 0 Å². The van der Waals surface area contributed by atoms with Crippen molar-refractivity contribution in [3.8, 4) is 11.4 Å². The van der Waals surface area contributed by atoms with Gasteiger partial charge in [0.2, 0.25) is 0 Å². The van der Waals surface area contributed by atoms with Gasteiger partial charge in [0, 0.05) is 0 Å². The molecule has 0 atom stereocenters. The Morgan fingerprint density at radius 2 is 0.875 bits per heavy atom. The molecule has 0 unspecified atom stereocenters. The molecular weight excluding hydrogens is 344 g/mol. The summed E-state index contributed by atoms with van der Waals surface area (Å²) in [5, 5.41) is 0. The van der Waals surface area contributed by atoms with Gasteiger partial charge in [-0.15, -0.1) is 0 Å². The van der Waals surface area contributed by atoms with Gasteiger partial charge in [-0.1, -0.05) is 0 Å². The number of hydrogen-bond acceptors (Lipinski definition) is 0. The molecule has 0 amide bonds. The second-order valence-electron chi connectivity index (χ2n) is 6.77. The maximum absolute atomic E-state index is 6.00. The first-order valence-corrected chi connectivity index (χ1v) is 8.68. The Bertz CT molecular complexity index is 865. The van der Waals surface area contributed by atoms with Gasteiger partial charge in [0.25, 0.3) is 0 Å². The molecule has 2 nitrogen and oxygen atoms in total. The van der Waals surface area contributed by atoms with Gasteiger partial charge in [0.15, 0.2) is 0 Å². The number of aromatic nitrogens is 2. The van der Waals surface area contributed by atoms with E-state index in [1.165, 1.54) is 44.8 Å². The van der Waals surface area contributed by atoms with Gasteiger partial charge in [-0.2, -0.15) is 0 Å². The standard InChI is InChI=1S/C21H24N2.Cu/c1-14-9-16(3)20(17(4)10-14)22-7-8-23(13-22)21-18(5)11-15(2)12-19(21)6;/h7-12H,1-6H3;/q;-1. The van der Waals surface area contributed by atoms with Gasteiger partial charge < -0.3 is 0 Å². The van der Waals surface area contributed by atoms with E-state index in [9.17, 15) is 0 Å². The van der Waals surface area contributed by atoms with Crippen LogP contribution in [0.4, 0.5) is 0 Å². The second-order valence-corrected chi connectivity index (χ2v) is 7.19. The molecule has 0 saturated heterocycles. The summed E-state index contributed by atoms with van der Waals surface area (Å²) in [5.41, 5.74) is 9.91. The van der Waals surface area contributed by atoms with Crippen LogP contribution < -0.4 is 0 Å². The van der Waals surface area contributed by atoms with E-state index in [2.05, 4.69) is 87.3 Å². The van der Waals surface area contributed by atoms with E-state index in [1.807, 2.05) is 0 Å². The molecule has 0 fully saturated rings. The first-order valence-electron chi connectivity index (χ1n) is 8.20. The van der Waals surface area contributed by atoms with E-state index in [0.717, 1.165) is 4.32 Å². The molecule has 130 valence electrons. The van der Waals surface area contributed by atoms with Crippen LogP contribution in [0.1, 0.15) is 33.4 Å². The minimum atomic E-state index is 0.785. The zero-order valence-corrected chi connectivity index (χ0v) is 16.1. The molecule has 1 heterocycles. The van der Waals surface area contributed by atoms with Crippen molar-refractivity contribution in [2.75, 3.05) is 0 Å². The Morgan fingerprint density at radius 1 is 0.583 bits per heavy atom. The fraction of sp³-hybridized carbons (Fsp3) is 0.286. The first-order chi connectivity index (χ1) is 11.3. The average Bonchev–Trinajstić information content (AvgIpc) is 2.79. The van der Waals surface area contributed by atoms with E-state index in [-0.39, 0.29) is 0 Å². The van der Waals surface area contributed by atoms with E-state index < -0.39 is 0 Å². The summed E-state index contributed by atoms with van der Waals surface area (Å²) in [5.74, 6) is 0. The van der Waals surface area contributed by atoms with Crippen LogP contribution in [0.25, 0.3) is 11.4 Å². The molecule has 24 heavy (non-hydrogen) atoms. The molecule has 0 saturated carbocycles. The maximum atomic E-state index is 6.00. The molecule has 0 aliphatic heterocycles. The summed E-state index contributed by atoms with van der Waals surface area (Å²) >= 11 is 6.00. The predicted molar refractivity (Wildman–Crippen MR) is 96.8 cm³/mol. The van der Waals surface area contributed by atoms with E-state index in [0.29, 0.717) is 0 Å². The number of rotatable bonds is 2. The molecule has 3 aromatic rings. The number of imidazole rings is 1. The Labute approximate surface area is 152 Å². The summed E-state index contributed by atoms with van der Waals surface area (Å²) in [6.45, 7) is 12.9. The third-order valence-corrected chi connectivity index (χ3v) is 4.93. The minimum absolute atomic E-state index is 0.785. The van der Waals surface area contributed by atoms with Crippen molar-refractivity contribution in [1.82, 2.24) is 9.13 Å². The van der Waals surface area contributed by atoms with Crippen molar-refractivity contribution < 1.29 is 15.6 Å². The normalized spacial score (nSPS) is 11.2. The predicted octanol–water partition coefficient (Wildman–Crippen LogP) is 5.20. The van der Waals surface area contributed by atoms with Gasteiger partial charge >= 0.3 is 152 Å². The number of aryl methyl sites for hydroxylation is 6. The topological polar surface area (TPSA) is 9.86 Å². The summed E-state index contributed by atoms with van der Waals surface area (Å²) in [6.07, 6.45) is 4.14. The van der Waals surface area contributed by atoms with Gasteiger partial charge in [-0.05, 0) is 0 Å². The molecule has 0 spiro atoms. The molecule has 0 radical (unpaired) electrons. The third-order valence-electron chi connectivity index (χ3n) is 4.48. The van der Waals surface area contributed by atoms with Crippen LogP contribution in [0.3, 0.4) is 0 Å². The van der Waals surface area contributed by atoms with Crippen LogP contribution in [0.15, 0.2) is 36.7 Å². The first kappa shape index (κ1) is 17.0. The zero-order chi connectivity index (χ0) is 17.6. The Kier molecular flexibility index (Phi) is 4.42. The monoisotopic (exact) mass is 367 g/mol.